The van der Waals surface area contributed by atoms with Gasteiger partial charge in [-0.05, 0) is 36.8 Å². The molecule has 6 nitrogen and oxygen atoms in total. The molecule has 1 heterocycles. The van der Waals surface area contributed by atoms with Crippen molar-refractivity contribution in [2.24, 2.45) is 0 Å². The molecule has 1 amide bonds. The number of likely N-dealkylation sites (N-methyl/N-ethyl adjacent to an activating group) is 1. The van der Waals surface area contributed by atoms with E-state index in [-0.39, 0.29) is 5.91 Å². The fourth-order valence-electron chi connectivity index (χ4n) is 3.68. The third kappa shape index (κ3) is 5.41. The Labute approximate surface area is 173 Å². The lowest BCUT2D eigenvalue weighted by Gasteiger charge is -2.36. The summed E-state index contributed by atoms with van der Waals surface area (Å²) >= 11 is 0. The van der Waals surface area contributed by atoms with E-state index in [2.05, 4.69) is 34.9 Å². The Morgan fingerprint density at radius 2 is 1.66 bits per heavy atom. The van der Waals surface area contributed by atoms with Crippen LogP contribution in [0.4, 0.5) is 5.69 Å². The van der Waals surface area contributed by atoms with Crippen molar-refractivity contribution in [1.29, 1.82) is 0 Å². The van der Waals surface area contributed by atoms with Gasteiger partial charge < -0.3 is 19.3 Å². The van der Waals surface area contributed by atoms with Crippen molar-refractivity contribution in [3.63, 3.8) is 0 Å². The molecule has 0 aliphatic carbocycles. The van der Waals surface area contributed by atoms with Crippen LogP contribution in [0.1, 0.15) is 12.5 Å². The van der Waals surface area contributed by atoms with Crippen molar-refractivity contribution in [1.82, 2.24) is 9.80 Å². The van der Waals surface area contributed by atoms with Crippen LogP contribution in [0.3, 0.4) is 0 Å². The maximum atomic E-state index is 12.8. The van der Waals surface area contributed by atoms with E-state index >= 15 is 0 Å². The number of piperazine rings is 1. The first-order valence-electron chi connectivity index (χ1n) is 10.2. The number of benzene rings is 2. The molecule has 1 fully saturated rings. The number of ether oxygens (including phenoxy) is 2. The van der Waals surface area contributed by atoms with E-state index in [1.54, 1.807) is 14.2 Å². The average Bonchev–Trinajstić information content (AvgIpc) is 2.78. The van der Waals surface area contributed by atoms with E-state index in [4.69, 9.17) is 9.47 Å². The zero-order valence-electron chi connectivity index (χ0n) is 17.6. The van der Waals surface area contributed by atoms with E-state index < -0.39 is 0 Å². The monoisotopic (exact) mass is 397 g/mol. The lowest BCUT2D eigenvalue weighted by molar-refractivity contribution is -0.131. The van der Waals surface area contributed by atoms with Gasteiger partial charge in [0.1, 0.15) is 0 Å². The molecule has 1 aliphatic rings. The van der Waals surface area contributed by atoms with Crippen LogP contribution in [0.2, 0.25) is 0 Å². The molecule has 2 aromatic rings. The minimum absolute atomic E-state index is 0.196. The predicted octanol–water partition coefficient (Wildman–Crippen LogP) is 2.87. The summed E-state index contributed by atoms with van der Waals surface area (Å²) in [6, 6.07) is 16.2. The van der Waals surface area contributed by atoms with Gasteiger partial charge in [0, 0.05) is 45.0 Å². The first kappa shape index (κ1) is 21.0. The van der Waals surface area contributed by atoms with Crippen molar-refractivity contribution < 1.29 is 14.3 Å². The van der Waals surface area contributed by atoms with Crippen LogP contribution in [0, 0.1) is 0 Å². The second kappa shape index (κ2) is 10.2. The average molecular weight is 398 g/mol. The van der Waals surface area contributed by atoms with Gasteiger partial charge in [-0.2, -0.15) is 0 Å². The molecule has 0 bridgehead atoms. The van der Waals surface area contributed by atoms with Crippen molar-refractivity contribution in [3.8, 4) is 11.5 Å². The molecule has 0 spiro atoms. The van der Waals surface area contributed by atoms with Gasteiger partial charge in [-0.3, -0.25) is 9.69 Å². The normalized spacial score (nSPS) is 14.5. The van der Waals surface area contributed by atoms with Crippen LogP contribution in [-0.2, 0) is 11.3 Å². The molecule has 6 heteroatoms. The minimum atomic E-state index is 0.196. The molecule has 29 heavy (non-hydrogen) atoms. The fourth-order valence-corrected chi connectivity index (χ4v) is 3.68. The number of anilines is 1. The molecular formula is C23H31N3O3. The van der Waals surface area contributed by atoms with Crippen LogP contribution in [0.15, 0.2) is 48.5 Å². The summed E-state index contributed by atoms with van der Waals surface area (Å²) in [5.74, 6) is 1.69. The molecule has 1 saturated heterocycles. The number of para-hydroxylation sites is 1. The Morgan fingerprint density at radius 1 is 0.966 bits per heavy atom. The van der Waals surface area contributed by atoms with Crippen molar-refractivity contribution in [3.05, 3.63) is 54.1 Å². The molecule has 0 atom stereocenters. The second-order valence-corrected chi connectivity index (χ2v) is 7.20. The molecule has 0 radical (unpaired) electrons. The number of hydrogen-bond acceptors (Lipinski definition) is 5. The summed E-state index contributed by atoms with van der Waals surface area (Å²) < 4.78 is 10.7. The summed E-state index contributed by atoms with van der Waals surface area (Å²) in [5, 5.41) is 0. The van der Waals surface area contributed by atoms with Crippen molar-refractivity contribution >= 4 is 11.6 Å². The molecule has 3 rings (SSSR count). The van der Waals surface area contributed by atoms with Gasteiger partial charge in [-0.25, -0.2) is 0 Å². The lowest BCUT2D eigenvalue weighted by atomic mass is 10.1. The Bertz CT molecular complexity index is 789. The Balaban J connectivity index is 1.51. The third-order valence-corrected chi connectivity index (χ3v) is 5.41. The van der Waals surface area contributed by atoms with E-state index in [1.807, 2.05) is 35.2 Å². The summed E-state index contributed by atoms with van der Waals surface area (Å²) in [6.45, 7) is 7.44. The van der Waals surface area contributed by atoms with Gasteiger partial charge in [0.25, 0.3) is 0 Å². The summed E-state index contributed by atoms with van der Waals surface area (Å²) in [5.41, 5.74) is 2.28. The molecule has 0 N–H and O–H groups in total. The van der Waals surface area contributed by atoms with E-state index in [0.29, 0.717) is 6.54 Å². The fraction of sp³-hybridized carbons (Fsp3) is 0.435. The van der Waals surface area contributed by atoms with Gasteiger partial charge in [-0.1, -0.05) is 24.3 Å². The van der Waals surface area contributed by atoms with Crippen molar-refractivity contribution in [2.45, 2.75) is 13.5 Å². The number of nitrogens with zero attached hydrogens (tertiary/aromatic N) is 3. The minimum Gasteiger partial charge on any atom is -0.493 e. The van der Waals surface area contributed by atoms with Gasteiger partial charge in [0.2, 0.25) is 5.91 Å². The Morgan fingerprint density at radius 3 is 2.28 bits per heavy atom. The SMILES string of the molecule is CCN(CC(=O)N1CCN(Cc2ccc(OC)c(OC)c2)CC1)c1ccccc1. The van der Waals surface area contributed by atoms with Crippen LogP contribution >= 0.6 is 0 Å². The third-order valence-electron chi connectivity index (χ3n) is 5.41. The Kier molecular flexibility index (Phi) is 7.36. The predicted molar refractivity (Wildman–Crippen MR) is 116 cm³/mol. The van der Waals surface area contributed by atoms with Gasteiger partial charge in [0.15, 0.2) is 11.5 Å². The molecule has 0 aromatic heterocycles. The van der Waals surface area contributed by atoms with E-state index in [9.17, 15) is 4.79 Å². The number of carbonyl (C=O) groups is 1. The van der Waals surface area contributed by atoms with Gasteiger partial charge in [0.05, 0.1) is 20.8 Å². The van der Waals surface area contributed by atoms with Gasteiger partial charge >= 0.3 is 0 Å². The summed E-state index contributed by atoms with van der Waals surface area (Å²) in [6.07, 6.45) is 0. The topological polar surface area (TPSA) is 45.3 Å². The van der Waals surface area contributed by atoms with E-state index in [0.717, 1.165) is 56.5 Å². The molecule has 0 unspecified atom stereocenters. The molecule has 0 saturated carbocycles. The van der Waals surface area contributed by atoms with E-state index in [1.165, 1.54) is 5.56 Å². The smallest absolute Gasteiger partial charge is 0.242 e. The maximum Gasteiger partial charge on any atom is 0.242 e. The number of carbonyl (C=O) groups excluding carboxylic acids is 1. The molecule has 2 aromatic carbocycles. The number of methoxy groups -OCH3 is 2. The zero-order valence-corrected chi connectivity index (χ0v) is 17.6. The first-order valence-corrected chi connectivity index (χ1v) is 10.2. The van der Waals surface area contributed by atoms with Crippen LogP contribution in [0.25, 0.3) is 0 Å². The largest absolute Gasteiger partial charge is 0.493 e. The van der Waals surface area contributed by atoms with Crippen LogP contribution < -0.4 is 14.4 Å². The van der Waals surface area contributed by atoms with Crippen molar-refractivity contribution in [2.75, 3.05) is 58.4 Å². The highest BCUT2D eigenvalue weighted by atomic mass is 16.5. The molecule has 1 aliphatic heterocycles. The lowest BCUT2D eigenvalue weighted by Crippen LogP contribution is -2.51. The maximum absolute atomic E-state index is 12.8. The standard InChI is InChI=1S/C23H31N3O3/c1-4-25(20-8-6-5-7-9-20)18-23(27)26-14-12-24(13-15-26)17-19-10-11-21(28-2)22(16-19)29-3/h5-11,16H,4,12-15,17-18H2,1-3H3. The quantitative estimate of drug-likeness (QED) is 0.685. The number of hydrogen-bond donors (Lipinski definition) is 0. The second-order valence-electron chi connectivity index (χ2n) is 7.20. The van der Waals surface area contributed by atoms with Gasteiger partial charge in [-0.15, -0.1) is 0 Å². The number of amides is 1. The highest BCUT2D eigenvalue weighted by Gasteiger charge is 2.23. The summed E-state index contributed by atoms with van der Waals surface area (Å²) in [4.78, 5) is 19.3. The first-order chi connectivity index (χ1) is 14.1. The molecule has 156 valence electrons. The highest BCUT2D eigenvalue weighted by Crippen LogP contribution is 2.28. The molecular weight excluding hydrogens is 366 g/mol. The number of rotatable bonds is 8. The highest BCUT2D eigenvalue weighted by molar-refractivity contribution is 5.81. The summed E-state index contributed by atoms with van der Waals surface area (Å²) in [7, 11) is 3.30. The van der Waals surface area contributed by atoms with Crippen LogP contribution in [0.5, 0.6) is 11.5 Å². The van der Waals surface area contributed by atoms with Crippen LogP contribution in [-0.4, -0.2) is 69.2 Å². The zero-order chi connectivity index (χ0) is 20.6. The Hall–Kier alpha value is -2.73.